The molecule has 19 heavy (non-hydrogen) atoms. The van der Waals surface area contributed by atoms with Crippen LogP contribution in [0, 0.1) is 0 Å². The van der Waals surface area contributed by atoms with Crippen molar-refractivity contribution in [1.29, 1.82) is 0 Å². The van der Waals surface area contributed by atoms with Crippen molar-refractivity contribution in [1.82, 2.24) is 10.2 Å². The summed E-state index contributed by atoms with van der Waals surface area (Å²) < 4.78 is 6.18. The highest BCUT2D eigenvalue weighted by Crippen LogP contribution is 2.23. The smallest absolute Gasteiger partial charge is 0.314 e. The maximum absolute atomic E-state index is 11.6. The zero-order valence-electron chi connectivity index (χ0n) is 10.1. The number of ether oxygens (including phenoxy) is 1. The monoisotopic (exact) mass is 327 g/mol. The summed E-state index contributed by atoms with van der Waals surface area (Å²) >= 11 is 3.33. The summed E-state index contributed by atoms with van der Waals surface area (Å²) in [6.07, 6.45) is 0. The van der Waals surface area contributed by atoms with Crippen molar-refractivity contribution in [2.24, 2.45) is 5.73 Å². The number of nitrogens with one attached hydrogen (secondary N) is 1. The molecule has 0 saturated carbocycles. The lowest BCUT2D eigenvalue weighted by atomic mass is 10.1. The fraction of sp³-hybridized carbons (Fsp3) is 0.333. The topological polar surface area (TPSA) is 84.7 Å². The number of hydrogen-bond donors (Lipinski definition) is 2. The summed E-state index contributed by atoms with van der Waals surface area (Å²) in [5.41, 5.74) is 5.09. The molecule has 0 aliphatic carbocycles. The Morgan fingerprint density at radius 2 is 2.11 bits per heavy atom. The molecule has 0 spiro atoms. The zero-order chi connectivity index (χ0) is 13.8. The van der Waals surface area contributed by atoms with Crippen LogP contribution in [0.4, 0.5) is 4.79 Å². The molecule has 6 nitrogen and oxygen atoms in total. The highest BCUT2D eigenvalue weighted by Gasteiger charge is 2.30. The lowest BCUT2D eigenvalue weighted by Crippen LogP contribution is -2.62. The third-order valence-corrected chi connectivity index (χ3v) is 3.41. The fourth-order valence-corrected chi connectivity index (χ4v) is 2.12. The van der Waals surface area contributed by atoms with Crippen LogP contribution in [-0.2, 0) is 4.79 Å². The highest BCUT2D eigenvalue weighted by molar-refractivity contribution is 9.10. The lowest BCUT2D eigenvalue weighted by molar-refractivity contribution is -0.124. The van der Waals surface area contributed by atoms with Crippen LogP contribution in [0.3, 0.4) is 0 Å². The second-order valence-corrected chi connectivity index (χ2v) is 5.08. The molecule has 1 aromatic carbocycles. The standard InChI is InChI=1S/C12H14BrN3O3/c13-9-3-1-2-4-10(9)19-7-11(17)15-8-5-16(6-8)12(14)18/h1-4,8H,5-7H2,(H2,14,18)(H,15,17). The van der Waals surface area contributed by atoms with Gasteiger partial charge in [-0.2, -0.15) is 0 Å². The van der Waals surface area contributed by atoms with Gasteiger partial charge in [0.2, 0.25) is 0 Å². The first-order chi connectivity index (χ1) is 9.06. The van der Waals surface area contributed by atoms with Gasteiger partial charge < -0.3 is 20.7 Å². The van der Waals surface area contributed by atoms with Gasteiger partial charge in [-0.15, -0.1) is 0 Å². The first-order valence-electron chi connectivity index (χ1n) is 5.77. The third kappa shape index (κ3) is 3.60. The first kappa shape index (κ1) is 13.7. The predicted molar refractivity (Wildman–Crippen MR) is 72.7 cm³/mol. The molecule has 3 N–H and O–H groups in total. The summed E-state index contributed by atoms with van der Waals surface area (Å²) in [7, 11) is 0. The molecule has 1 aromatic rings. The fourth-order valence-electron chi connectivity index (χ4n) is 1.72. The Labute approximate surface area is 119 Å². The number of urea groups is 1. The molecule has 0 aromatic heterocycles. The number of nitrogens with two attached hydrogens (primary N) is 1. The number of para-hydroxylation sites is 1. The van der Waals surface area contributed by atoms with E-state index in [1.807, 2.05) is 18.2 Å². The van der Waals surface area contributed by atoms with Crippen LogP contribution in [0.1, 0.15) is 0 Å². The van der Waals surface area contributed by atoms with Gasteiger partial charge in [0.05, 0.1) is 10.5 Å². The summed E-state index contributed by atoms with van der Waals surface area (Å²) in [5.74, 6) is 0.398. The van der Waals surface area contributed by atoms with Gasteiger partial charge in [0.25, 0.3) is 5.91 Å². The molecule has 0 radical (unpaired) electrons. The van der Waals surface area contributed by atoms with Gasteiger partial charge in [0, 0.05) is 13.1 Å². The normalized spacial score (nSPS) is 14.7. The molecule has 1 saturated heterocycles. The molecular weight excluding hydrogens is 314 g/mol. The van der Waals surface area contributed by atoms with Crippen LogP contribution in [0.5, 0.6) is 5.75 Å². The van der Waals surface area contributed by atoms with Crippen molar-refractivity contribution >= 4 is 27.9 Å². The average molecular weight is 328 g/mol. The molecule has 102 valence electrons. The Hall–Kier alpha value is -1.76. The number of carbonyl (C=O) groups is 2. The Bertz CT molecular complexity index is 489. The van der Waals surface area contributed by atoms with Crippen molar-refractivity contribution in [3.8, 4) is 5.75 Å². The lowest BCUT2D eigenvalue weighted by Gasteiger charge is -2.38. The van der Waals surface area contributed by atoms with Crippen molar-refractivity contribution in [3.05, 3.63) is 28.7 Å². The van der Waals surface area contributed by atoms with Crippen LogP contribution in [-0.4, -0.2) is 42.6 Å². The molecule has 0 atom stereocenters. The number of hydrogen-bond acceptors (Lipinski definition) is 3. The van der Waals surface area contributed by atoms with Gasteiger partial charge in [-0.25, -0.2) is 4.79 Å². The number of carbonyl (C=O) groups excluding carboxylic acids is 2. The van der Waals surface area contributed by atoms with Crippen LogP contribution in [0.15, 0.2) is 28.7 Å². The van der Waals surface area contributed by atoms with Crippen LogP contribution < -0.4 is 15.8 Å². The van der Waals surface area contributed by atoms with E-state index in [1.165, 1.54) is 4.90 Å². The molecule has 0 unspecified atom stereocenters. The number of benzene rings is 1. The van der Waals surface area contributed by atoms with E-state index >= 15 is 0 Å². The number of amides is 3. The molecule has 1 heterocycles. The Balaban J connectivity index is 1.72. The molecule has 3 amide bonds. The first-order valence-corrected chi connectivity index (χ1v) is 6.56. The molecule has 1 aliphatic rings. The van der Waals surface area contributed by atoms with E-state index in [-0.39, 0.29) is 18.6 Å². The predicted octanol–water partition coefficient (Wildman–Crippen LogP) is 0.707. The van der Waals surface area contributed by atoms with Crippen molar-refractivity contribution in [3.63, 3.8) is 0 Å². The Morgan fingerprint density at radius 1 is 1.42 bits per heavy atom. The van der Waals surface area contributed by atoms with E-state index < -0.39 is 6.03 Å². The van der Waals surface area contributed by atoms with E-state index in [2.05, 4.69) is 21.2 Å². The summed E-state index contributed by atoms with van der Waals surface area (Å²) in [4.78, 5) is 23.8. The van der Waals surface area contributed by atoms with Crippen LogP contribution in [0.25, 0.3) is 0 Å². The van der Waals surface area contributed by atoms with Gasteiger partial charge >= 0.3 is 6.03 Å². The van der Waals surface area contributed by atoms with Gasteiger partial charge in [0.1, 0.15) is 5.75 Å². The second-order valence-electron chi connectivity index (χ2n) is 4.23. The van der Waals surface area contributed by atoms with Crippen LogP contribution >= 0.6 is 15.9 Å². The van der Waals surface area contributed by atoms with Gasteiger partial charge in [-0.1, -0.05) is 12.1 Å². The zero-order valence-corrected chi connectivity index (χ0v) is 11.7. The largest absolute Gasteiger partial charge is 0.483 e. The Morgan fingerprint density at radius 3 is 2.74 bits per heavy atom. The Kier molecular flexibility index (Phi) is 4.26. The van der Waals surface area contributed by atoms with Gasteiger partial charge in [0.15, 0.2) is 6.61 Å². The highest BCUT2D eigenvalue weighted by atomic mass is 79.9. The van der Waals surface area contributed by atoms with Gasteiger partial charge in [-0.3, -0.25) is 4.79 Å². The van der Waals surface area contributed by atoms with Crippen molar-refractivity contribution < 1.29 is 14.3 Å². The summed E-state index contributed by atoms with van der Waals surface area (Å²) in [5, 5.41) is 2.76. The summed E-state index contributed by atoms with van der Waals surface area (Å²) in [6.45, 7) is 0.849. The summed E-state index contributed by atoms with van der Waals surface area (Å²) in [6, 6.07) is 6.80. The molecule has 2 rings (SSSR count). The third-order valence-electron chi connectivity index (χ3n) is 2.75. The minimum Gasteiger partial charge on any atom is -0.483 e. The molecule has 1 aliphatic heterocycles. The minimum absolute atomic E-state index is 0.0391. The SMILES string of the molecule is NC(=O)N1CC(NC(=O)COc2ccccc2Br)C1. The quantitative estimate of drug-likeness (QED) is 0.854. The van der Waals surface area contributed by atoms with E-state index in [1.54, 1.807) is 6.07 Å². The molecular formula is C12H14BrN3O3. The van der Waals surface area contributed by atoms with Crippen molar-refractivity contribution in [2.75, 3.05) is 19.7 Å². The van der Waals surface area contributed by atoms with Crippen LogP contribution in [0.2, 0.25) is 0 Å². The average Bonchev–Trinajstić information content (AvgIpc) is 2.31. The minimum atomic E-state index is -0.463. The maximum atomic E-state index is 11.6. The number of nitrogens with zero attached hydrogens (tertiary/aromatic N) is 1. The van der Waals surface area contributed by atoms with E-state index in [0.29, 0.717) is 18.8 Å². The number of primary amides is 1. The van der Waals surface area contributed by atoms with E-state index in [9.17, 15) is 9.59 Å². The molecule has 1 fully saturated rings. The molecule has 0 bridgehead atoms. The second kappa shape index (κ2) is 5.92. The maximum Gasteiger partial charge on any atom is 0.314 e. The number of rotatable bonds is 4. The van der Waals surface area contributed by atoms with E-state index in [4.69, 9.17) is 10.5 Å². The van der Waals surface area contributed by atoms with E-state index in [0.717, 1.165) is 4.47 Å². The molecule has 7 heteroatoms. The number of halogens is 1. The van der Waals surface area contributed by atoms with Gasteiger partial charge in [-0.05, 0) is 28.1 Å². The number of likely N-dealkylation sites (tertiary alicyclic amines) is 1. The van der Waals surface area contributed by atoms with Crippen molar-refractivity contribution in [2.45, 2.75) is 6.04 Å².